The fourth-order valence-corrected chi connectivity index (χ4v) is 2.66. The lowest BCUT2D eigenvalue weighted by Crippen LogP contribution is -2.44. The van der Waals surface area contributed by atoms with Crippen LogP contribution in [0.4, 0.5) is 0 Å². The van der Waals surface area contributed by atoms with Crippen LogP contribution in [0.5, 0.6) is 0 Å². The summed E-state index contributed by atoms with van der Waals surface area (Å²) in [6.07, 6.45) is 2.96. The first kappa shape index (κ1) is 11.9. The summed E-state index contributed by atoms with van der Waals surface area (Å²) in [7, 11) is 0. The van der Waals surface area contributed by atoms with E-state index in [-0.39, 0.29) is 12.0 Å². The Bertz CT molecular complexity index is 257. The molecule has 4 nitrogen and oxygen atoms in total. The van der Waals surface area contributed by atoms with Crippen molar-refractivity contribution in [2.45, 2.75) is 32.3 Å². The minimum atomic E-state index is -0.229. The van der Waals surface area contributed by atoms with Crippen LogP contribution in [-0.2, 0) is 4.79 Å². The summed E-state index contributed by atoms with van der Waals surface area (Å²) < 4.78 is 0. The number of carbonyl (C=O) groups is 1. The quantitative estimate of drug-likeness (QED) is 0.737. The third-order valence-corrected chi connectivity index (χ3v) is 3.62. The van der Waals surface area contributed by atoms with E-state index in [1.807, 2.05) is 4.90 Å². The lowest BCUT2D eigenvalue weighted by molar-refractivity contribution is -0.133. The molecule has 0 aliphatic carbocycles. The average molecular weight is 226 g/mol. The smallest absolute Gasteiger partial charge is 0.236 e. The van der Waals surface area contributed by atoms with Crippen molar-refractivity contribution >= 4 is 5.91 Å². The van der Waals surface area contributed by atoms with Gasteiger partial charge >= 0.3 is 0 Å². The molecule has 0 aromatic rings. The van der Waals surface area contributed by atoms with Gasteiger partial charge < -0.3 is 10.0 Å². The lowest BCUT2D eigenvalue weighted by Gasteiger charge is -2.32. The molecule has 2 unspecified atom stereocenters. The zero-order valence-electron chi connectivity index (χ0n) is 10.1. The Morgan fingerprint density at radius 1 is 1.31 bits per heavy atom. The van der Waals surface area contributed by atoms with Gasteiger partial charge in [-0.25, -0.2) is 0 Å². The highest BCUT2D eigenvalue weighted by atomic mass is 16.3. The van der Waals surface area contributed by atoms with Crippen LogP contribution in [0.25, 0.3) is 0 Å². The molecule has 2 saturated heterocycles. The van der Waals surface area contributed by atoms with Crippen molar-refractivity contribution in [2.24, 2.45) is 5.92 Å². The van der Waals surface area contributed by atoms with Gasteiger partial charge in [-0.05, 0) is 25.2 Å². The van der Waals surface area contributed by atoms with Gasteiger partial charge in [0.2, 0.25) is 5.91 Å². The summed E-state index contributed by atoms with van der Waals surface area (Å²) in [6.45, 7) is 6.04. The number of piperidine rings is 1. The molecular weight excluding hydrogens is 204 g/mol. The van der Waals surface area contributed by atoms with Crippen molar-refractivity contribution in [3.8, 4) is 0 Å². The SMILES string of the molecule is CC1CCCN(C(=O)CN2CCC(O)C2)C1. The maximum atomic E-state index is 12.0. The van der Waals surface area contributed by atoms with Crippen molar-refractivity contribution in [2.75, 3.05) is 32.7 Å². The molecule has 1 amide bonds. The Balaban J connectivity index is 1.78. The molecule has 2 heterocycles. The van der Waals surface area contributed by atoms with Gasteiger partial charge in [0.05, 0.1) is 12.6 Å². The maximum Gasteiger partial charge on any atom is 0.236 e. The standard InChI is InChI=1S/C12H22N2O2/c1-10-3-2-5-14(7-10)12(16)9-13-6-4-11(15)8-13/h10-11,15H,2-9H2,1H3. The van der Waals surface area contributed by atoms with Gasteiger partial charge in [0.1, 0.15) is 0 Å². The highest BCUT2D eigenvalue weighted by Crippen LogP contribution is 2.16. The number of hydrogen-bond acceptors (Lipinski definition) is 3. The molecule has 2 atom stereocenters. The van der Waals surface area contributed by atoms with Gasteiger partial charge in [0.25, 0.3) is 0 Å². The molecule has 0 aromatic heterocycles. The summed E-state index contributed by atoms with van der Waals surface area (Å²) in [5.74, 6) is 0.877. The lowest BCUT2D eigenvalue weighted by atomic mass is 10.0. The molecular formula is C12H22N2O2. The molecule has 2 fully saturated rings. The monoisotopic (exact) mass is 226 g/mol. The van der Waals surface area contributed by atoms with Crippen LogP contribution in [-0.4, -0.2) is 59.6 Å². The Morgan fingerprint density at radius 3 is 2.75 bits per heavy atom. The van der Waals surface area contributed by atoms with Gasteiger partial charge in [0, 0.05) is 26.2 Å². The van der Waals surface area contributed by atoms with Gasteiger partial charge in [-0.3, -0.25) is 9.69 Å². The predicted octanol–water partition coefficient (Wildman–Crippen LogP) is 0.311. The van der Waals surface area contributed by atoms with Crippen molar-refractivity contribution in [3.05, 3.63) is 0 Å². The number of nitrogens with zero attached hydrogens (tertiary/aromatic N) is 2. The zero-order valence-corrected chi connectivity index (χ0v) is 10.1. The van der Waals surface area contributed by atoms with E-state index >= 15 is 0 Å². The van der Waals surface area contributed by atoms with Crippen LogP contribution in [0.2, 0.25) is 0 Å². The number of rotatable bonds is 2. The van der Waals surface area contributed by atoms with E-state index < -0.39 is 0 Å². The van der Waals surface area contributed by atoms with E-state index in [1.165, 1.54) is 6.42 Å². The van der Waals surface area contributed by atoms with Crippen LogP contribution in [0.15, 0.2) is 0 Å². The van der Waals surface area contributed by atoms with Crippen LogP contribution in [0.3, 0.4) is 0 Å². The summed E-state index contributed by atoms with van der Waals surface area (Å²) in [5, 5.41) is 9.40. The van der Waals surface area contributed by atoms with Crippen molar-refractivity contribution in [3.63, 3.8) is 0 Å². The molecule has 0 radical (unpaired) electrons. The van der Waals surface area contributed by atoms with E-state index in [1.54, 1.807) is 0 Å². The molecule has 1 N–H and O–H groups in total. The van der Waals surface area contributed by atoms with Crippen molar-refractivity contribution < 1.29 is 9.90 Å². The molecule has 0 bridgehead atoms. The number of hydrogen-bond donors (Lipinski definition) is 1. The predicted molar refractivity (Wildman–Crippen MR) is 62.0 cm³/mol. The fraction of sp³-hybridized carbons (Fsp3) is 0.917. The van der Waals surface area contributed by atoms with Gasteiger partial charge in [-0.15, -0.1) is 0 Å². The van der Waals surface area contributed by atoms with E-state index in [2.05, 4.69) is 11.8 Å². The number of β-amino-alcohol motifs (C(OH)–C–C–N with tert-alkyl or cyclic N) is 1. The largest absolute Gasteiger partial charge is 0.392 e. The third kappa shape index (κ3) is 2.95. The van der Waals surface area contributed by atoms with Crippen LogP contribution in [0, 0.1) is 5.92 Å². The number of aliphatic hydroxyl groups excluding tert-OH is 1. The van der Waals surface area contributed by atoms with Crippen molar-refractivity contribution in [1.82, 2.24) is 9.80 Å². The molecule has 2 aliphatic heterocycles. The van der Waals surface area contributed by atoms with Gasteiger partial charge in [-0.1, -0.05) is 6.92 Å². The average Bonchev–Trinajstić information content (AvgIpc) is 2.64. The minimum Gasteiger partial charge on any atom is -0.392 e. The molecule has 0 spiro atoms. The van der Waals surface area contributed by atoms with E-state index in [0.717, 1.165) is 32.5 Å². The van der Waals surface area contributed by atoms with Gasteiger partial charge in [-0.2, -0.15) is 0 Å². The highest BCUT2D eigenvalue weighted by molar-refractivity contribution is 5.78. The van der Waals surface area contributed by atoms with Crippen LogP contribution in [0.1, 0.15) is 26.2 Å². The Kier molecular flexibility index (Phi) is 3.82. The summed E-state index contributed by atoms with van der Waals surface area (Å²) >= 11 is 0. The third-order valence-electron chi connectivity index (χ3n) is 3.62. The van der Waals surface area contributed by atoms with Crippen LogP contribution >= 0.6 is 0 Å². The second-order valence-electron chi connectivity index (χ2n) is 5.26. The summed E-state index contributed by atoms with van der Waals surface area (Å²) in [5.41, 5.74) is 0. The van der Waals surface area contributed by atoms with E-state index in [9.17, 15) is 9.90 Å². The Labute approximate surface area is 97.2 Å². The first-order valence-electron chi connectivity index (χ1n) is 6.33. The van der Waals surface area contributed by atoms with E-state index in [0.29, 0.717) is 19.0 Å². The minimum absolute atomic E-state index is 0.229. The summed E-state index contributed by atoms with van der Waals surface area (Å²) in [6, 6.07) is 0. The number of likely N-dealkylation sites (tertiary alicyclic amines) is 2. The maximum absolute atomic E-state index is 12.0. The van der Waals surface area contributed by atoms with Gasteiger partial charge in [0.15, 0.2) is 0 Å². The number of carbonyl (C=O) groups excluding carboxylic acids is 1. The topological polar surface area (TPSA) is 43.8 Å². The molecule has 4 heteroatoms. The van der Waals surface area contributed by atoms with E-state index in [4.69, 9.17) is 0 Å². The molecule has 16 heavy (non-hydrogen) atoms. The molecule has 2 aliphatic rings. The van der Waals surface area contributed by atoms with Crippen LogP contribution < -0.4 is 0 Å². The Hall–Kier alpha value is -0.610. The normalized spacial score (nSPS) is 32.0. The van der Waals surface area contributed by atoms with Crippen molar-refractivity contribution in [1.29, 1.82) is 0 Å². The molecule has 2 rings (SSSR count). The summed E-state index contributed by atoms with van der Waals surface area (Å²) in [4.78, 5) is 16.1. The second kappa shape index (κ2) is 5.15. The number of aliphatic hydroxyl groups is 1. The first-order valence-corrected chi connectivity index (χ1v) is 6.33. The highest BCUT2D eigenvalue weighted by Gasteiger charge is 2.26. The molecule has 92 valence electrons. The Morgan fingerprint density at radius 2 is 2.12 bits per heavy atom. The first-order chi connectivity index (χ1) is 7.65. The second-order valence-corrected chi connectivity index (χ2v) is 5.26. The zero-order chi connectivity index (χ0) is 11.5. The molecule has 0 saturated carbocycles. The fourth-order valence-electron chi connectivity index (χ4n) is 2.66. The number of amides is 1. The molecule has 0 aromatic carbocycles.